The second-order valence-electron chi connectivity index (χ2n) is 11.0. The van der Waals surface area contributed by atoms with Crippen molar-refractivity contribution in [2.75, 3.05) is 12.4 Å². The number of aromatic nitrogens is 1. The van der Waals surface area contributed by atoms with Crippen LogP contribution in [0.1, 0.15) is 36.7 Å². The van der Waals surface area contributed by atoms with Crippen molar-refractivity contribution in [2.45, 2.75) is 44.9 Å². The number of carbonyl (C=O) groups is 2. The predicted octanol–water partition coefficient (Wildman–Crippen LogP) is 6.81. The summed E-state index contributed by atoms with van der Waals surface area (Å²) in [6.45, 7) is 5.31. The monoisotopic (exact) mass is 564 g/mol. The zero-order valence-corrected chi connectivity index (χ0v) is 23.9. The zero-order valence-electron chi connectivity index (χ0n) is 23.9. The predicted molar refractivity (Wildman–Crippen MR) is 161 cm³/mol. The van der Waals surface area contributed by atoms with Gasteiger partial charge in [0.2, 0.25) is 0 Å². The first-order valence-electron chi connectivity index (χ1n) is 13.6. The molecule has 0 aliphatic carbocycles. The molecule has 0 spiro atoms. The van der Waals surface area contributed by atoms with E-state index in [0.717, 1.165) is 27.4 Å². The number of fused-ring (bicyclic) bond motifs is 2. The van der Waals surface area contributed by atoms with Crippen LogP contribution < -0.4 is 10.6 Å². The number of aromatic amines is 1. The van der Waals surface area contributed by atoms with E-state index >= 15 is 0 Å². The molecule has 2 heterocycles. The van der Waals surface area contributed by atoms with Gasteiger partial charge in [-0.3, -0.25) is 0 Å². The number of para-hydroxylation sites is 2. The first kappa shape index (κ1) is 28.3. The lowest BCUT2D eigenvalue weighted by molar-refractivity contribution is 0.0501. The number of amides is 1. The van der Waals surface area contributed by atoms with E-state index in [2.05, 4.69) is 21.7 Å². The fraction of sp³-hybridized carbons (Fsp3) is 0.242. The Bertz CT molecular complexity index is 1760. The number of H-pyrrole nitrogens is 1. The van der Waals surface area contributed by atoms with E-state index in [9.17, 15) is 14.9 Å². The van der Waals surface area contributed by atoms with E-state index in [1.54, 1.807) is 39.0 Å². The number of anilines is 1. The molecule has 1 amide bonds. The maximum Gasteiger partial charge on any atom is 0.407 e. The van der Waals surface area contributed by atoms with Crippen molar-refractivity contribution in [3.05, 3.63) is 90.1 Å². The van der Waals surface area contributed by atoms with Gasteiger partial charge in [-0.05, 0) is 69.2 Å². The number of nitriles is 1. The van der Waals surface area contributed by atoms with Gasteiger partial charge in [0.25, 0.3) is 0 Å². The molecule has 42 heavy (non-hydrogen) atoms. The quantitative estimate of drug-likeness (QED) is 0.177. The molecular weight excluding hydrogens is 532 g/mol. The lowest BCUT2D eigenvalue weighted by Crippen LogP contribution is -2.49. The molecule has 0 bridgehead atoms. The summed E-state index contributed by atoms with van der Waals surface area (Å²) in [5.41, 5.74) is 3.14. The summed E-state index contributed by atoms with van der Waals surface area (Å²) < 4.78 is 16.6. The van der Waals surface area contributed by atoms with Gasteiger partial charge in [-0.15, -0.1) is 0 Å². The Kier molecular flexibility index (Phi) is 7.89. The molecule has 0 aliphatic heterocycles. The van der Waals surface area contributed by atoms with Gasteiger partial charge in [0, 0.05) is 33.7 Å². The minimum atomic E-state index is -0.938. The van der Waals surface area contributed by atoms with Crippen molar-refractivity contribution in [1.29, 1.82) is 5.26 Å². The maximum atomic E-state index is 12.9. The maximum absolute atomic E-state index is 12.9. The van der Waals surface area contributed by atoms with E-state index < -0.39 is 29.7 Å². The number of furan rings is 1. The Hall–Kier alpha value is -5.23. The Balaban J connectivity index is 1.48. The van der Waals surface area contributed by atoms with E-state index in [4.69, 9.17) is 13.9 Å². The van der Waals surface area contributed by atoms with Crippen LogP contribution in [0.25, 0.3) is 33.2 Å². The molecule has 0 aliphatic rings. The summed E-state index contributed by atoms with van der Waals surface area (Å²) in [7, 11) is 1.30. The van der Waals surface area contributed by atoms with Gasteiger partial charge in [0.15, 0.2) is 0 Å². The number of esters is 1. The number of ether oxygens (including phenoxy) is 2. The van der Waals surface area contributed by atoms with Gasteiger partial charge in [0.1, 0.15) is 23.0 Å². The number of hydrogen-bond acceptors (Lipinski definition) is 7. The molecule has 5 rings (SSSR count). The summed E-state index contributed by atoms with van der Waals surface area (Å²) in [5, 5.41) is 18.3. The highest BCUT2D eigenvalue weighted by Crippen LogP contribution is 2.31. The lowest BCUT2D eigenvalue weighted by atomic mass is 9.98. The molecule has 1 unspecified atom stereocenters. The van der Waals surface area contributed by atoms with Gasteiger partial charge < -0.3 is 29.5 Å². The first-order chi connectivity index (χ1) is 20.1. The second-order valence-corrected chi connectivity index (χ2v) is 11.0. The highest BCUT2D eigenvalue weighted by molar-refractivity contribution is 5.97. The van der Waals surface area contributed by atoms with Crippen molar-refractivity contribution < 1.29 is 23.5 Å². The number of benzene rings is 3. The van der Waals surface area contributed by atoms with E-state index in [1.165, 1.54) is 7.11 Å². The third-order valence-electron chi connectivity index (χ3n) is 6.80. The van der Waals surface area contributed by atoms with Crippen molar-refractivity contribution >= 4 is 39.6 Å². The Morgan fingerprint density at radius 1 is 1.05 bits per heavy atom. The Labute approximate surface area is 243 Å². The second kappa shape index (κ2) is 11.7. The lowest BCUT2D eigenvalue weighted by Gasteiger charge is -2.27. The molecule has 9 heteroatoms. The number of carbonyl (C=O) groups excluding carboxylic acids is 2. The van der Waals surface area contributed by atoms with Crippen LogP contribution in [0.15, 0.2) is 83.4 Å². The minimum Gasteiger partial charge on any atom is -0.465 e. The van der Waals surface area contributed by atoms with E-state index in [-0.39, 0.29) is 5.56 Å². The summed E-state index contributed by atoms with van der Waals surface area (Å²) in [6.07, 6.45) is 1.53. The van der Waals surface area contributed by atoms with Crippen LogP contribution in [0.5, 0.6) is 0 Å². The highest BCUT2D eigenvalue weighted by atomic mass is 16.6. The smallest absolute Gasteiger partial charge is 0.407 e. The van der Waals surface area contributed by atoms with E-state index in [0.29, 0.717) is 23.4 Å². The molecule has 0 fully saturated rings. The third-order valence-corrected chi connectivity index (χ3v) is 6.80. The third kappa shape index (κ3) is 6.23. The summed E-state index contributed by atoms with van der Waals surface area (Å²) in [6, 6.07) is 23.1. The van der Waals surface area contributed by atoms with Crippen molar-refractivity contribution in [3.63, 3.8) is 0 Å². The summed E-state index contributed by atoms with van der Waals surface area (Å²) in [5.74, 6) is 0.00831. The molecule has 9 nitrogen and oxygen atoms in total. The SMILES string of the molecule is COC(=O)c1cc(-c2cc3ccccc3o2)ccc1NC(C#N)[C@H](Cc1c[nH]c2ccccc12)NC(=O)OC(C)(C)C. The molecule has 3 aromatic carbocycles. The van der Waals surface area contributed by atoms with Gasteiger partial charge in [-0.1, -0.05) is 36.4 Å². The van der Waals surface area contributed by atoms with Crippen LogP contribution >= 0.6 is 0 Å². The summed E-state index contributed by atoms with van der Waals surface area (Å²) >= 11 is 0. The van der Waals surface area contributed by atoms with Gasteiger partial charge >= 0.3 is 12.1 Å². The van der Waals surface area contributed by atoms with Gasteiger partial charge in [-0.25, -0.2) is 9.59 Å². The van der Waals surface area contributed by atoms with Crippen molar-refractivity contribution in [1.82, 2.24) is 10.3 Å². The molecule has 3 N–H and O–H groups in total. The average molecular weight is 565 g/mol. The highest BCUT2D eigenvalue weighted by Gasteiger charge is 2.29. The minimum absolute atomic E-state index is 0.221. The first-order valence-corrected chi connectivity index (χ1v) is 13.6. The topological polar surface area (TPSA) is 129 Å². The van der Waals surface area contributed by atoms with Crippen LogP contribution in [0.3, 0.4) is 0 Å². The van der Waals surface area contributed by atoms with Crippen LogP contribution in [-0.4, -0.2) is 41.8 Å². The molecule has 5 aromatic rings. The molecule has 2 aromatic heterocycles. The number of methoxy groups -OCH3 is 1. The number of alkyl carbamates (subject to hydrolysis) is 1. The van der Waals surface area contributed by atoms with Gasteiger partial charge in [0.05, 0.1) is 24.8 Å². The Morgan fingerprint density at radius 2 is 1.81 bits per heavy atom. The fourth-order valence-corrected chi connectivity index (χ4v) is 4.87. The fourth-order valence-electron chi connectivity index (χ4n) is 4.87. The molecule has 2 atom stereocenters. The van der Waals surface area contributed by atoms with Crippen LogP contribution in [0, 0.1) is 11.3 Å². The summed E-state index contributed by atoms with van der Waals surface area (Å²) in [4.78, 5) is 29.0. The number of nitrogens with zero attached hydrogens (tertiary/aromatic N) is 1. The standard InChI is InChI=1S/C33H32N4O5/c1-33(2,3)42-32(39)37-27(16-22-19-35-25-11-7-6-10-23(22)25)28(18-34)36-26-14-13-21(15-24(26)31(38)40-4)30-17-20-9-5-8-12-29(20)41-30/h5-15,17,19,27-28,35-36H,16H2,1-4H3,(H,37,39)/t27-,28?/m0/s1. The molecule has 0 saturated heterocycles. The van der Waals surface area contributed by atoms with E-state index in [1.807, 2.05) is 60.8 Å². The van der Waals surface area contributed by atoms with Crippen LogP contribution in [0.4, 0.5) is 10.5 Å². The zero-order chi connectivity index (χ0) is 29.9. The Morgan fingerprint density at radius 3 is 2.55 bits per heavy atom. The van der Waals surface area contributed by atoms with Crippen LogP contribution in [-0.2, 0) is 15.9 Å². The van der Waals surface area contributed by atoms with Crippen LogP contribution in [0.2, 0.25) is 0 Å². The number of rotatable bonds is 8. The van der Waals surface area contributed by atoms with Crippen molar-refractivity contribution in [3.8, 4) is 17.4 Å². The number of hydrogen-bond donors (Lipinski definition) is 3. The molecule has 214 valence electrons. The van der Waals surface area contributed by atoms with Gasteiger partial charge in [-0.2, -0.15) is 5.26 Å². The molecular formula is C33H32N4O5. The normalized spacial score (nSPS) is 12.8. The average Bonchev–Trinajstić information content (AvgIpc) is 3.58. The molecule has 0 saturated carbocycles. The largest absolute Gasteiger partial charge is 0.465 e. The van der Waals surface area contributed by atoms with Crippen molar-refractivity contribution in [2.24, 2.45) is 0 Å². The molecule has 0 radical (unpaired) electrons. The number of nitrogens with one attached hydrogen (secondary N) is 3.